The van der Waals surface area contributed by atoms with Crippen LogP contribution in [0.2, 0.25) is 0 Å². The van der Waals surface area contributed by atoms with Gasteiger partial charge in [0.05, 0.1) is 12.8 Å². The fraction of sp³-hybridized carbons (Fsp3) is 0.167. The van der Waals surface area contributed by atoms with Crippen molar-refractivity contribution in [2.75, 3.05) is 0 Å². The summed E-state index contributed by atoms with van der Waals surface area (Å²) < 4.78 is 18.3. The summed E-state index contributed by atoms with van der Waals surface area (Å²) in [5, 5.41) is 0. The van der Waals surface area contributed by atoms with Crippen molar-refractivity contribution in [1.82, 2.24) is 0 Å². The molecule has 0 saturated carbocycles. The van der Waals surface area contributed by atoms with Crippen LogP contribution in [-0.2, 0) is 6.54 Å². The Balaban J connectivity index is 2.58. The molecule has 0 atom stereocenters. The predicted octanol–water partition coefficient (Wildman–Crippen LogP) is 2.85. The van der Waals surface area contributed by atoms with Crippen molar-refractivity contribution < 1.29 is 8.81 Å². The Hall–Kier alpha value is -1.61. The van der Waals surface area contributed by atoms with E-state index >= 15 is 0 Å². The van der Waals surface area contributed by atoms with E-state index in [1.165, 1.54) is 12.1 Å². The first kappa shape index (κ1) is 9.93. The van der Waals surface area contributed by atoms with Gasteiger partial charge in [-0.15, -0.1) is 0 Å². The van der Waals surface area contributed by atoms with Gasteiger partial charge in [-0.2, -0.15) is 0 Å². The van der Waals surface area contributed by atoms with Gasteiger partial charge in [0.25, 0.3) is 0 Å². The van der Waals surface area contributed by atoms with Crippen LogP contribution >= 0.6 is 0 Å². The second-order valence-electron chi connectivity index (χ2n) is 3.42. The molecule has 0 saturated heterocycles. The topological polar surface area (TPSA) is 39.2 Å². The zero-order valence-corrected chi connectivity index (χ0v) is 8.46. The van der Waals surface area contributed by atoms with Crippen molar-refractivity contribution >= 4 is 0 Å². The molecule has 2 nitrogen and oxygen atoms in total. The van der Waals surface area contributed by atoms with Crippen molar-refractivity contribution in [3.05, 3.63) is 47.7 Å². The lowest BCUT2D eigenvalue weighted by molar-refractivity contribution is 0.513. The highest BCUT2D eigenvalue weighted by Gasteiger charge is 2.10. The summed E-state index contributed by atoms with van der Waals surface area (Å²) in [6.45, 7) is 2.25. The van der Waals surface area contributed by atoms with Crippen LogP contribution in [-0.4, -0.2) is 0 Å². The van der Waals surface area contributed by atoms with Crippen LogP contribution in [0.4, 0.5) is 4.39 Å². The van der Waals surface area contributed by atoms with Gasteiger partial charge in [-0.1, -0.05) is 6.07 Å². The zero-order chi connectivity index (χ0) is 10.8. The van der Waals surface area contributed by atoms with E-state index in [0.29, 0.717) is 12.3 Å². The number of halogens is 1. The molecule has 0 aliphatic carbocycles. The maximum Gasteiger partial charge on any atom is 0.125 e. The average Bonchev–Trinajstić information content (AvgIpc) is 2.69. The average molecular weight is 205 g/mol. The Morgan fingerprint density at radius 1 is 1.27 bits per heavy atom. The molecular formula is C12H12FNO. The van der Waals surface area contributed by atoms with E-state index in [1.54, 1.807) is 12.3 Å². The first-order valence-electron chi connectivity index (χ1n) is 4.75. The highest BCUT2D eigenvalue weighted by Crippen LogP contribution is 2.28. The van der Waals surface area contributed by atoms with Crippen LogP contribution in [0.25, 0.3) is 11.1 Å². The Bertz CT molecular complexity index is 476. The van der Waals surface area contributed by atoms with Crippen LogP contribution in [0.1, 0.15) is 11.3 Å². The monoisotopic (exact) mass is 205 g/mol. The molecule has 15 heavy (non-hydrogen) atoms. The largest absolute Gasteiger partial charge is 0.467 e. The number of rotatable bonds is 2. The van der Waals surface area contributed by atoms with Crippen molar-refractivity contribution in [3.63, 3.8) is 0 Å². The van der Waals surface area contributed by atoms with Crippen molar-refractivity contribution in [2.45, 2.75) is 13.5 Å². The molecule has 0 aliphatic rings. The van der Waals surface area contributed by atoms with E-state index in [4.69, 9.17) is 10.2 Å². The highest BCUT2D eigenvalue weighted by atomic mass is 19.1. The van der Waals surface area contributed by atoms with Crippen LogP contribution in [0, 0.1) is 12.7 Å². The summed E-state index contributed by atoms with van der Waals surface area (Å²) in [4.78, 5) is 0. The lowest BCUT2D eigenvalue weighted by Gasteiger charge is -2.05. The molecule has 0 radical (unpaired) electrons. The maximum atomic E-state index is 13.1. The molecule has 3 heteroatoms. The van der Waals surface area contributed by atoms with Gasteiger partial charge in [-0.05, 0) is 36.2 Å². The van der Waals surface area contributed by atoms with Gasteiger partial charge in [0, 0.05) is 5.56 Å². The van der Waals surface area contributed by atoms with E-state index in [-0.39, 0.29) is 5.82 Å². The first-order valence-corrected chi connectivity index (χ1v) is 4.75. The van der Waals surface area contributed by atoms with Gasteiger partial charge in [-0.25, -0.2) is 4.39 Å². The minimum atomic E-state index is -0.250. The molecule has 2 aromatic rings. The van der Waals surface area contributed by atoms with Gasteiger partial charge < -0.3 is 10.2 Å². The molecule has 1 heterocycles. The lowest BCUT2D eigenvalue weighted by Crippen LogP contribution is -1.96. The Morgan fingerprint density at radius 2 is 2.07 bits per heavy atom. The van der Waals surface area contributed by atoms with Gasteiger partial charge in [-0.3, -0.25) is 0 Å². The minimum absolute atomic E-state index is 0.250. The molecular weight excluding hydrogens is 193 g/mol. The highest BCUT2D eigenvalue weighted by molar-refractivity contribution is 5.68. The number of hydrogen-bond donors (Lipinski definition) is 1. The van der Waals surface area contributed by atoms with Gasteiger partial charge in [0.15, 0.2) is 0 Å². The molecule has 2 N–H and O–H groups in total. The van der Waals surface area contributed by atoms with Crippen LogP contribution in [0.3, 0.4) is 0 Å². The second-order valence-corrected chi connectivity index (χ2v) is 3.42. The van der Waals surface area contributed by atoms with Crippen molar-refractivity contribution in [3.8, 4) is 11.1 Å². The van der Waals surface area contributed by atoms with Gasteiger partial charge in [0.1, 0.15) is 11.6 Å². The standard InChI is InChI=1S/C12H12FNO/c1-8-2-3-9(13)6-11(8)10-4-5-15-12(10)7-14/h2-6H,7,14H2,1H3. The fourth-order valence-electron chi connectivity index (χ4n) is 1.62. The third-order valence-electron chi connectivity index (χ3n) is 2.42. The quantitative estimate of drug-likeness (QED) is 0.818. The predicted molar refractivity (Wildman–Crippen MR) is 56.7 cm³/mol. The smallest absolute Gasteiger partial charge is 0.125 e. The Morgan fingerprint density at radius 3 is 2.80 bits per heavy atom. The summed E-state index contributed by atoms with van der Waals surface area (Å²) in [7, 11) is 0. The summed E-state index contributed by atoms with van der Waals surface area (Å²) in [5.41, 5.74) is 8.25. The molecule has 1 aromatic carbocycles. The fourth-order valence-corrected chi connectivity index (χ4v) is 1.62. The van der Waals surface area contributed by atoms with Gasteiger partial charge >= 0.3 is 0 Å². The summed E-state index contributed by atoms with van der Waals surface area (Å²) in [6, 6.07) is 6.50. The first-order chi connectivity index (χ1) is 7.22. The Kier molecular flexibility index (Phi) is 2.56. The van der Waals surface area contributed by atoms with Gasteiger partial charge in [0.2, 0.25) is 0 Å². The molecule has 1 aromatic heterocycles. The van der Waals surface area contributed by atoms with E-state index in [9.17, 15) is 4.39 Å². The second kappa shape index (κ2) is 3.87. The summed E-state index contributed by atoms with van der Waals surface area (Å²) in [6.07, 6.45) is 1.57. The van der Waals surface area contributed by atoms with Crippen molar-refractivity contribution in [2.24, 2.45) is 5.73 Å². The van der Waals surface area contributed by atoms with E-state index in [0.717, 1.165) is 16.7 Å². The molecule has 2 rings (SSSR count). The number of hydrogen-bond acceptors (Lipinski definition) is 2. The third-order valence-corrected chi connectivity index (χ3v) is 2.42. The van der Waals surface area contributed by atoms with E-state index < -0.39 is 0 Å². The molecule has 0 aliphatic heterocycles. The van der Waals surface area contributed by atoms with Crippen LogP contribution < -0.4 is 5.73 Å². The lowest BCUT2D eigenvalue weighted by atomic mass is 10.0. The van der Waals surface area contributed by atoms with E-state index in [1.807, 2.05) is 13.0 Å². The molecule has 0 fully saturated rings. The minimum Gasteiger partial charge on any atom is -0.467 e. The molecule has 78 valence electrons. The molecule has 0 unspecified atom stereocenters. The number of furan rings is 1. The van der Waals surface area contributed by atoms with Crippen LogP contribution in [0.15, 0.2) is 34.9 Å². The number of benzene rings is 1. The normalized spacial score (nSPS) is 10.6. The molecule has 0 bridgehead atoms. The molecule has 0 amide bonds. The summed E-state index contributed by atoms with van der Waals surface area (Å²) in [5.74, 6) is 0.434. The maximum absolute atomic E-state index is 13.1. The number of nitrogens with two attached hydrogens (primary N) is 1. The van der Waals surface area contributed by atoms with Crippen LogP contribution in [0.5, 0.6) is 0 Å². The third kappa shape index (κ3) is 1.78. The zero-order valence-electron chi connectivity index (χ0n) is 8.46. The number of aryl methyl sites for hydroxylation is 1. The van der Waals surface area contributed by atoms with E-state index in [2.05, 4.69) is 0 Å². The molecule has 0 spiro atoms. The van der Waals surface area contributed by atoms with Crippen molar-refractivity contribution in [1.29, 1.82) is 0 Å². The summed E-state index contributed by atoms with van der Waals surface area (Å²) >= 11 is 0. The Labute approximate surface area is 87.5 Å². The SMILES string of the molecule is Cc1ccc(F)cc1-c1ccoc1CN.